The lowest BCUT2D eigenvalue weighted by atomic mass is 10.2. The molecule has 30 heavy (non-hydrogen) atoms. The van der Waals surface area contributed by atoms with Crippen LogP contribution in [0, 0.1) is 5.82 Å². The zero-order chi connectivity index (χ0) is 21.6. The Kier molecular flexibility index (Phi) is 7.69. The summed E-state index contributed by atoms with van der Waals surface area (Å²) in [6.45, 7) is 1.30. The number of sulfonamides is 1. The number of carbonyl (C=O) groups excluding carboxylic acids is 1. The molecule has 1 aliphatic rings. The second-order valence-electron chi connectivity index (χ2n) is 7.02. The van der Waals surface area contributed by atoms with Crippen LogP contribution < -0.4 is 10.1 Å². The molecule has 162 valence electrons. The molecular formula is C21H24ClFN2O4S. The highest BCUT2D eigenvalue weighted by Crippen LogP contribution is 2.25. The number of benzene rings is 2. The third-order valence-corrected chi connectivity index (χ3v) is 7.08. The van der Waals surface area contributed by atoms with Gasteiger partial charge in [0.1, 0.15) is 18.2 Å². The summed E-state index contributed by atoms with van der Waals surface area (Å²) in [6.07, 6.45) is 3.68. The Bertz CT molecular complexity index is 975. The molecule has 3 rings (SSSR count). The topological polar surface area (TPSA) is 75.7 Å². The average Bonchev–Trinajstić information content (AvgIpc) is 3.03. The molecule has 1 N–H and O–H groups in total. The quantitative estimate of drug-likeness (QED) is 0.645. The normalized spacial score (nSPS) is 15.4. The Morgan fingerprint density at radius 3 is 2.40 bits per heavy atom. The van der Waals surface area contributed by atoms with Gasteiger partial charge < -0.3 is 10.1 Å². The second kappa shape index (κ2) is 10.2. The van der Waals surface area contributed by atoms with Gasteiger partial charge >= 0.3 is 0 Å². The summed E-state index contributed by atoms with van der Waals surface area (Å²) >= 11 is 6.14. The molecule has 1 aliphatic heterocycles. The van der Waals surface area contributed by atoms with Gasteiger partial charge in [0.15, 0.2) is 0 Å². The van der Waals surface area contributed by atoms with Crippen LogP contribution in [0.5, 0.6) is 5.75 Å². The Hall–Kier alpha value is -2.16. The van der Waals surface area contributed by atoms with Gasteiger partial charge in [-0.3, -0.25) is 4.79 Å². The van der Waals surface area contributed by atoms with E-state index in [1.807, 2.05) is 0 Å². The van der Waals surface area contributed by atoms with Gasteiger partial charge in [-0.2, -0.15) is 4.31 Å². The van der Waals surface area contributed by atoms with Crippen molar-refractivity contribution >= 4 is 27.5 Å². The molecule has 2 aromatic carbocycles. The summed E-state index contributed by atoms with van der Waals surface area (Å²) in [5, 5.41) is 2.83. The first-order chi connectivity index (χ1) is 14.4. The molecule has 0 unspecified atom stereocenters. The molecule has 9 heteroatoms. The highest BCUT2D eigenvalue weighted by molar-refractivity contribution is 7.89. The molecule has 1 saturated heterocycles. The van der Waals surface area contributed by atoms with E-state index in [0.29, 0.717) is 18.8 Å². The zero-order valence-electron chi connectivity index (χ0n) is 16.4. The Labute approximate surface area is 181 Å². The lowest BCUT2D eigenvalue weighted by Gasteiger charge is -2.20. The highest BCUT2D eigenvalue weighted by atomic mass is 35.5. The number of nitrogens with one attached hydrogen (secondary N) is 1. The average molecular weight is 455 g/mol. The monoisotopic (exact) mass is 454 g/mol. The molecule has 6 nitrogen and oxygen atoms in total. The maximum atomic E-state index is 13.0. The van der Waals surface area contributed by atoms with Crippen LogP contribution in [-0.4, -0.2) is 44.9 Å². The van der Waals surface area contributed by atoms with Crippen molar-refractivity contribution in [1.29, 1.82) is 0 Å². The van der Waals surface area contributed by atoms with Crippen molar-refractivity contribution in [2.45, 2.75) is 30.6 Å². The van der Waals surface area contributed by atoms with Crippen molar-refractivity contribution in [2.75, 3.05) is 26.2 Å². The lowest BCUT2D eigenvalue weighted by Crippen LogP contribution is -2.32. The summed E-state index contributed by atoms with van der Waals surface area (Å²) in [7, 11) is -3.68. The third-order valence-electron chi connectivity index (χ3n) is 4.86. The molecule has 1 heterocycles. The first-order valence-electron chi connectivity index (χ1n) is 9.84. The molecule has 1 fully saturated rings. The smallest absolute Gasteiger partial charge is 0.252 e. The van der Waals surface area contributed by atoms with E-state index < -0.39 is 15.9 Å². The van der Waals surface area contributed by atoms with Crippen LogP contribution in [0.2, 0.25) is 5.02 Å². The maximum Gasteiger partial charge on any atom is 0.252 e. The van der Waals surface area contributed by atoms with Crippen LogP contribution in [0.15, 0.2) is 47.4 Å². The molecule has 0 saturated carbocycles. The largest absolute Gasteiger partial charge is 0.492 e. The van der Waals surface area contributed by atoms with Crippen LogP contribution in [-0.2, 0) is 10.0 Å². The Balaban J connectivity index is 1.63. The van der Waals surface area contributed by atoms with Gasteiger partial charge in [-0.05, 0) is 55.3 Å². The Morgan fingerprint density at radius 1 is 1.07 bits per heavy atom. The van der Waals surface area contributed by atoms with Crippen LogP contribution in [0.25, 0.3) is 0 Å². The number of carbonyl (C=O) groups is 1. The number of halogens is 2. The van der Waals surface area contributed by atoms with Crippen molar-refractivity contribution in [3.05, 3.63) is 58.9 Å². The summed E-state index contributed by atoms with van der Waals surface area (Å²) in [5.41, 5.74) is 0.0920. The molecule has 0 aliphatic carbocycles. The number of rotatable bonds is 7. The molecule has 1 amide bonds. The highest BCUT2D eigenvalue weighted by Gasteiger charge is 2.26. The van der Waals surface area contributed by atoms with E-state index in [2.05, 4.69) is 5.32 Å². The second-order valence-corrected chi connectivity index (χ2v) is 9.36. The van der Waals surface area contributed by atoms with Gasteiger partial charge in [0.05, 0.1) is 22.0 Å². The first-order valence-corrected chi connectivity index (χ1v) is 11.7. The predicted molar refractivity (Wildman–Crippen MR) is 113 cm³/mol. The van der Waals surface area contributed by atoms with E-state index in [1.54, 1.807) is 0 Å². The van der Waals surface area contributed by atoms with Crippen molar-refractivity contribution < 1.29 is 22.3 Å². The van der Waals surface area contributed by atoms with E-state index >= 15 is 0 Å². The third kappa shape index (κ3) is 5.71. The number of nitrogens with zero attached hydrogens (tertiary/aromatic N) is 1. The SMILES string of the molecule is O=C(NCCOc1ccc(F)cc1)c1cc(S(=O)(=O)N2CCCCCC2)ccc1Cl. The fraction of sp³-hybridized carbons (Fsp3) is 0.381. The van der Waals surface area contributed by atoms with Crippen molar-refractivity contribution in [2.24, 2.45) is 0 Å². The van der Waals surface area contributed by atoms with E-state index in [4.69, 9.17) is 16.3 Å². The molecule has 2 aromatic rings. The minimum absolute atomic E-state index is 0.0570. The molecule has 0 aromatic heterocycles. The number of ether oxygens (including phenoxy) is 1. The van der Waals surface area contributed by atoms with Crippen LogP contribution in [0.1, 0.15) is 36.0 Å². The van der Waals surface area contributed by atoms with Crippen molar-refractivity contribution in [3.63, 3.8) is 0 Å². The van der Waals surface area contributed by atoms with E-state index in [1.165, 1.54) is 46.8 Å². The Morgan fingerprint density at radius 2 is 1.73 bits per heavy atom. The predicted octanol–water partition coefficient (Wildman–Crippen LogP) is 3.85. The van der Waals surface area contributed by atoms with E-state index in [-0.39, 0.29) is 34.5 Å². The molecule has 0 radical (unpaired) electrons. The van der Waals surface area contributed by atoms with Gasteiger partial charge in [-0.15, -0.1) is 0 Å². The fourth-order valence-corrected chi connectivity index (χ4v) is 4.98. The van der Waals surface area contributed by atoms with Gasteiger partial charge in [-0.1, -0.05) is 24.4 Å². The van der Waals surface area contributed by atoms with Crippen molar-refractivity contribution in [1.82, 2.24) is 9.62 Å². The molecular weight excluding hydrogens is 431 g/mol. The van der Waals surface area contributed by atoms with Crippen LogP contribution in [0.3, 0.4) is 0 Å². The molecule has 0 bridgehead atoms. The zero-order valence-corrected chi connectivity index (χ0v) is 18.0. The van der Waals surface area contributed by atoms with E-state index in [0.717, 1.165) is 25.7 Å². The fourth-order valence-electron chi connectivity index (χ4n) is 3.23. The standard InChI is InChI=1S/C21H24ClFN2O4S/c22-20-10-9-18(30(27,28)25-12-3-1-2-4-13-25)15-19(20)21(26)24-11-14-29-17-7-5-16(23)6-8-17/h5-10,15H,1-4,11-14H2,(H,24,26). The maximum absolute atomic E-state index is 13.0. The minimum Gasteiger partial charge on any atom is -0.492 e. The summed E-state index contributed by atoms with van der Waals surface area (Å²) < 4.78 is 45.7. The summed E-state index contributed by atoms with van der Waals surface area (Å²) in [5.74, 6) is -0.370. The van der Waals surface area contributed by atoms with E-state index in [9.17, 15) is 17.6 Å². The lowest BCUT2D eigenvalue weighted by molar-refractivity contribution is 0.0947. The van der Waals surface area contributed by atoms with Gasteiger partial charge in [0.25, 0.3) is 5.91 Å². The summed E-state index contributed by atoms with van der Waals surface area (Å²) in [6, 6.07) is 9.72. The molecule has 0 atom stereocenters. The van der Waals surface area contributed by atoms with Crippen molar-refractivity contribution in [3.8, 4) is 5.75 Å². The van der Waals surface area contributed by atoms with Gasteiger partial charge in [0, 0.05) is 13.1 Å². The first kappa shape index (κ1) is 22.5. The van der Waals surface area contributed by atoms with Crippen LogP contribution in [0.4, 0.5) is 4.39 Å². The summed E-state index contributed by atoms with van der Waals surface area (Å²) in [4.78, 5) is 12.6. The number of hydrogen-bond acceptors (Lipinski definition) is 4. The number of hydrogen-bond donors (Lipinski definition) is 1. The number of amides is 1. The minimum atomic E-state index is -3.68. The molecule has 0 spiro atoms. The van der Waals surface area contributed by atoms with Gasteiger partial charge in [-0.25, -0.2) is 12.8 Å². The van der Waals surface area contributed by atoms with Crippen LogP contribution >= 0.6 is 11.6 Å². The van der Waals surface area contributed by atoms with Gasteiger partial charge in [0.2, 0.25) is 10.0 Å².